The van der Waals surface area contributed by atoms with Gasteiger partial charge < -0.3 is 20.3 Å². The van der Waals surface area contributed by atoms with Crippen molar-refractivity contribution in [3.05, 3.63) is 36.5 Å². The van der Waals surface area contributed by atoms with E-state index >= 15 is 0 Å². The number of hydrogen-bond acceptors (Lipinski definition) is 5. The Morgan fingerprint density at radius 2 is 0.610 bits per heavy atom. The molecule has 0 aliphatic rings. The molecule has 484 valence electrons. The fourth-order valence-electron chi connectivity index (χ4n) is 11.7. The predicted octanol–water partition coefficient (Wildman–Crippen LogP) is 24.3. The van der Waals surface area contributed by atoms with E-state index in [1.807, 2.05) is 0 Å². The Bertz CT molecular complexity index is 1330. The van der Waals surface area contributed by atoms with Gasteiger partial charge in [0.2, 0.25) is 5.91 Å². The smallest absolute Gasteiger partial charge is 0.305 e. The maximum Gasteiger partial charge on any atom is 0.305 e. The largest absolute Gasteiger partial charge is 0.466 e. The van der Waals surface area contributed by atoms with E-state index in [1.165, 1.54) is 327 Å². The van der Waals surface area contributed by atoms with E-state index < -0.39 is 12.1 Å². The molecule has 82 heavy (non-hydrogen) atoms. The standard InChI is InChI=1S/C76H145NO5/c1-3-5-7-9-11-13-15-44-48-52-56-60-64-68-74(79)73(72-78)77-75(80)69-65-61-57-53-49-46-42-40-38-36-34-32-30-28-26-24-22-20-18-17-19-21-23-25-27-29-31-33-35-37-39-41-43-47-51-55-59-63-67-71-82-76(81)70-66-62-58-54-50-45-16-14-12-10-8-6-4-2/h14,16-18,21,23,73-74,78-79H,3-13,15,19-20,22,24-72H2,1-2H3,(H,77,80)/b16-14-,18-17-,23-21-. The summed E-state index contributed by atoms with van der Waals surface area (Å²) in [4.78, 5) is 24.5. The summed E-state index contributed by atoms with van der Waals surface area (Å²) in [6, 6.07) is -0.538. The van der Waals surface area contributed by atoms with Crippen molar-refractivity contribution in [1.82, 2.24) is 5.32 Å². The Hall–Kier alpha value is -1.92. The number of carbonyl (C=O) groups is 2. The number of esters is 1. The van der Waals surface area contributed by atoms with E-state index in [0.717, 1.165) is 51.4 Å². The predicted molar refractivity (Wildman–Crippen MR) is 361 cm³/mol. The van der Waals surface area contributed by atoms with E-state index in [2.05, 4.69) is 55.6 Å². The molecule has 0 spiro atoms. The maximum absolute atomic E-state index is 12.5. The molecule has 6 heteroatoms. The minimum absolute atomic E-state index is 0.0113. The molecule has 0 rings (SSSR count). The van der Waals surface area contributed by atoms with Crippen molar-refractivity contribution in [3.63, 3.8) is 0 Å². The Morgan fingerprint density at radius 1 is 0.341 bits per heavy atom. The van der Waals surface area contributed by atoms with Crippen LogP contribution >= 0.6 is 0 Å². The van der Waals surface area contributed by atoms with Gasteiger partial charge in [0.05, 0.1) is 25.4 Å². The van der Waals surface area contributed by atoms with Crippen LogP contribution < -0.4 is 5.32 Å². The molecule has 6 nitrogen and oxygen atoms in total. The summed E-state index contributed by atoms with van der Waals surface area (Å²) in [6.45, 7) is 4.96. The Kier molecular flexibility index (Phi) is 69.9. The van der Waals surface area contributed by atoms with Crippen molar-refractivity contribution in [2.75, 3.05) is 13.2 Å². The van der Waals surface area contributed by atoms with Gasteiger partial charge in [-0.1, -0.05) is 352 Å². The van der Waals surface area contributed by atoms with Gasteiger partial charge in [0.1, 0.15) is 0 Å². The topological polar surface area (TPSA) is 95.9 Å². The molecule has 0 radical (unpaired) electrons. The molecule has 1 amide bonds. The fraction of sp³-hybridized carbons (Fsp3) is 0.895. The van der Waals surface area contributed by atoms with Crippen LogP contribution in [0.5, 0.6) is 0 Å². The number of amides is 1. The Labute approximate surface area is 513 Å². The summed E-state index contributed by atoms with van der Waals surface area (Å²) >= 11 is 0. The third-order valence-electron chi connectivity index (χ3n) is 17.4. The van der Waals surface area contributed by atoms with Gasteiger partial charge in [-0.2, -0.15) is 0 Å². The molecule has 0 fully saturated rings. The first kappa shape index (κ1) is 80.1. The molecule has 0 aliphatic heterocycles. The summed E-state index contributed by atoms with van der Waals surface area (Å²) < 4.78 is 5.48. The van der Waals surface area contributed by atoms with E-state index in [-0.39, 0.29) is 18.5 Å². The van der Waals surface area contributed by atoms with Crippen molar-refractivity contribution < 1.29 is 24.5 Å². The number of ether oxygens (including phenoxy) is 1. The quantitative estimate of drug-likeness (QED) is 0.0320. The minimum Gasteiger partial charge on any atom is -0.466 e. The van der Waals surface area contributed by atoms with Gasteiger partial charge in [0, 0.05) is 12.8 Å². The first-order valence-corrected chi connectivity index (χ1v) is 37.2. The molecule has 0 aromatic carbocycles. The molecule has 0 bridgehead atoms. The Morgan fingerprint density at radius 3 is 0.951 bits per heavy atom. The SMILES string of the molecule is CCCCCC/C=C\CCCCCCCC(=O)OCCCCCCCCCCCCCCCCC/C=C\C/C=C\CCCCCCCCCCCCCCCCCCCC(=O)NC(CO)C(O)CCCCCCCCCCCCCCC. The molecule has 0 aromatic heterocycles. The van der Waals surface area contributed by atoms with E-state index in [1.54, 1.807) is 0 Å². The van der Waals surface area contributed by atoms with Gasteiger partial charge >= 0.3 is 5.97 Å². The van der Waals surface area contributed by atoms with Crippen LogP contribution in [0.15, 0.2) is 36.5 Å². The maximum atomic E-state index is 12.5. The van der Waals surface area contributed by atoms with E-state index in [9.17, 15) is 19.8 Å². The molecular formula is C76H145NO5. The molecule has 3 N–H and O–H groups in total. The zero-order chi connectivity index (χ0) is 59.2. The van der Waals surface area contributed by atoms with Crippen LogP contribution in [0.1, 0.15) is 412 Å². The van der Waals surface area contributed by atoms with Crippen LogP contribution in [0, 0.1) is 0 Å². The molecule has 0 saturated heterocycles. The van der Waals surface area contributed by atoms with Crippen LogP contribution in [0.2, 0.25) is 0 Å². The van der Waals surface area contributed by atoms with Crippen LogP contribution in [-0.2, 0) is 14.3 Å². The third kappa shape index (κ3) is 67.2. The fourth-order valence-corrected chi connectivity index (χ4v) is 11.7. The van der Waals surface area contributed by atoms with Gasteiger partial charge in [-0.25, -0.2) is 0 Å². The number of aliphatic hydroxyl groups is 2. The van der Waals surface area contributed by atoms with Crippen molar-refractivity contribution in [1.29, 1.82) is 0 Å². The summed E-state index contributed by atoms with van der Waals surface area (Å²) in [6.07, 6.45) is 92.3. The Balaban J connectivity index is 3.34. The van der Waals surface area contributed by atoms with E-state index in [4.69, 9.17) is 4.74 Å². The van der Waals surface area contributed by atoms with Gasteiger partial charge in [-0.05, 0) is 83.5 Å². The number of aliphatic hydroxyl groups excluding tert-OH is 2. The first-order chi connectivity index (χ1) is 40.5. The van der Waals surface area contributed by atoms with Crippen LogP contribution in [0.25, 0.3) is 0 Å². The van der Waals surface area contributed by atoms with Crippen molar-refractivity contribution in [2.45, 2.75) is 424 Å². The van der Waals surface area contributed by atoms with Crippen molar-refractivity contribution >= 4 is 11.9 Å². The highest BCUT2D eigenvalue weighted by Crippen LogP contribution is 2.19. The number of rotatable bonds is 70. The number of hydrogen-bond donors (Lipinski definition) is 3. The molecule has 0 saturated carbocycles. The highest BCUT2D eigenvalue weighted by molar-refractivity contribution is 5.76. The van der Waals surface area contributed by atoms with Crippen molar-refractivity contribution in [2.24, 2.45) is 0 Å². The van der Waals surface area contributed by atoms with E-state index in [0.29, 0.717) is 25.9 Å². The lowest BCUT2D eigenvalue weighted by Crippen LogP contribution is -2.45. The van der Waals surface area contributed by atoms with Gasteiger partial charge in [0.15, 0.2) is 0 Å². The minimum atomic E-state index is -0.661. The van der Waals surface area contributed by atoms with Crippen LogP contribution in [0.3, 0.4) is 0 Å². The highest BCUT2D eigenvalue weighted by Gasteiger charge is 2.20. The lowest BCUT2D eigenvalue weighted by molar-refractivity contribution is -0.143. The van der Waals surface area contributed by atoms with Crippen LogP contribution in [-0.4, -0.2) is 47.4 Å². The second-order valence-electron chi connectivity index (χ2n) is 25.6. The molecule has 2 unspecified atom stereocenters. The third-order valence-corrected chi connectivity index (χ3v) is 17.4. The van der Waals surface area contributed by atoms with Crippen molar-refractivity contribution in [3.8, 4) is 0 Å². The molecule has 0 heterocycles. The van der Waals surface area contributed by atoms with Gasteiger partial charge in [0.25, 0.3) is 0 Å². The summed E-state index contributed by atoms with van der Waals surface area (Å²) in [5.41, 5.74) is 0. The lowest BCUT2D eigenvalue weighted by atomic mass is 10.0. The zero-order valence-corrected chi connectivity index (χ0v) is 55.5. The molecule has 0 aromatic rings. The average Bonchev–Trinajstić information content (AvgIpc) is 3.48. The second-order valence-corrected chi connectivity index (χ2v) is 25.6. The monoisotopic (exact) mass is 1150 g/mol. The highest BCUT2D eigenvalue weighted by atomic mass is 16.5. The van der Waals surface area contributed by atoms with Gasteiger partial charge in [-0.3, -0.25) is 9.59 Å². The average molecular weight is 1150 g/mol. The summed E-state index contributed by atoms with van der Waals surface area (Å²) in [5.74, 6) is -0.0185. The lowest BCUT2D eigenvalue weighted by Gasteiger charge is -2.22. The summed E-state index contributed by atoms with van der Waals surface area (Å²) in [5, 5.41) is 23.3. The molecule has 2 atom stereocenters. The normalized spacial score (nSPS) is 12.7. The number of unbranched alkanes of at least 4 members (excludes halogenated alkanes) is 53. The zero-order valence-electron chi connectivity index (χ0n) is 55.5. The molecular weight excluding hydrogens is 1010 g/mol. The summed E-state index contributed by atoms with van der Waals surface area (Å²) in [7, 11) is 0. The number of allylic oxidation sites excluding steroid dienone is 6. The molecule has 0 aliphatic carbocycles. The number of carbonyl (C=O) groups excluding carboxylic acids is 2. The first-order valence-electron chi connectivity index (χ1n) is 37.2. The van der Waals surface area contributed by atoms with Gasteiger partial charge in [-0.15, -0.1) is 0 Å². The second kappa shape index (κ2) is 71.6. The number of nitrogens with one attached hydrogen (secondary N) is 1. The van der Waals surface area contributed by atoms with Crippen LogP contribution in [0.4, 0.5) is 0 Å².